The Balaban J connectivity index is 0.000000228. The van der Waals surface area contributed by atoms with Crippen LogP contribution in [0.3, 0.4) is 0 Å². The molecule has 5 N–H and O–H groups in total. The summed E-state index contributed by atoms with van der Waals surface area (Å²) in [7, 11) is 0. The molecule has 2 amide bonds. The SMILES string of the molecule is NC(=O)Nc1cc(C=Cc2cccc(C(F)(F)F)c2)ccn1.Nc1cc(C=Cc2cccc(C(F)(F)F)c2)ccn1. The molecule has 4 aromatic rings. The molecular weight excluding hydrogens is 548 g/mol. The van der Waals surface area contributed by atoms with Gasteiger partial charge in [0.05, 0.1) is 11.1 Å². The Hall–Kier alpha value is -5.13. The molecule has 2 aromatic heterocycles. The number of halogens is 6. The van der Waals surface area contributed by atoms with Gasteiger partial charge in [0.15, 0.2) is 0 Å². The number of nitrogen functional groups attached to an aromatic ring is 1. The number of benzene rings is 2. The van der Waals surface area contributed by atoms with Crippen molar-refractivity contribution in [3.8, 4) is 0 Å². The first-order valence-electron chi connectivity index (χ1n) is 11.7. The van der Waals surface area contributed by atoms with Crippen LogP contribution in [0.4, 0.5) is 42.8 Å². The highest BCUT2D eigenvalue weighted by molar-refractivity contribution is 5.87. The van der Waals surface area contributed by atoms with Crippen LogP contribution in [0.2, 0.25) is 0 Å². The predicted octanol–water partition coefficient (Wildman–Crippen LogP) is 7.61. The molecule has 0 radical (unpaired) electrons. The highest BCUT2D eigenvalue weighted by Crippen LogP contribution is 2.31. The van der Waals surface area contributed by atoms with Crippen LogP contribution in [0.15, 0.2) is 85.2 Å². The second-order valence-corrected chi connectivity index (χ2v) is 8.39. The topological polar surface area (TPSA) is 107 Å². The lowest BCUT2D eigenvalue weighted by molar-refractivity contribution is -0.138. The predicted molar refractivity (Wildman–Crippen MR) is 147 cm³/mol. The molecule has 212 valence electrons. The van der Waals surface area contributed by atoms with E-state index in [1.54, 1.807) is 66.9 Å². The molecule has 6 nitrogen and oxygen atoms in total. The smallest absolute Gasteiger partial charge is 0.384 e. The molecule has 0 saturated heterocycles. The maximum Gasteiger partial charge on any atom is 0.416 e. The number of nitrogens with one attached hydrogen (secondary N) is 1. The van der Waals surface area contributed by atoms with Gasteiger partial charge < -0.3 is 11.5 Å². The van der Waals surface area contributed by atoms with Crippen LogP contribution in [0.5, 0.6) is 0 Å². The Labute approximate surface area is 231 Å². The summed E-state index contributed by atoms with van der Waals surface area (Å²) in [6, 6.07) is 15.9. The Bertz CT molecular complexity index is 1550. The fourth-order valence-electron chi connectivity index (χ4n) is 3.34. The molecule has 0 spiro atoms. The minimum atomic E-state index is -4.38. The number of nitrogens with zero attached hydrogens (tertiary/aromatic N) is 2. The zero-order valence-electron chi connectivity index (χ0n) is 21.1. The number of urea groups is 1. The number of alkyl halides is 6. The summed E-state index contributed by atoms with van der Waals surface area (Å²) in [6.45, 7) is 0. The summed E-state index contributed by atoms with van der Waals surface area (Å²) < 4.78 is 75.5. The van der Waals surface area contributed by atoms with E-state index in [1.165, 1.54) is 18.3 Å². The lowest BCUT2D eigenvalue weighted by atomic mass is 10.1. The summed E-state index contributed by atoms with van der Waals surface area (Å²) in [4.78, 5) is 18.5. The Morgan fingerprint density at radius 2 is 1.10 bits per heavy atom. The number of hydrogen-bond acceptors (Lipinski definition) is 4. The maximum atomic E-state index is 12.6. The minimum absolute atomic E-state index is 0.263. The van der Waals surface area contributed by atoms with Gasteiger partial charge in [-0.2, -0.15) is 26.3 Å². The van der Waals surface area contributed by atoms with E-state index in [1.807, 2.05) is 0 Å². The molecule has 0 aliphatic rings. The fraction of sp³-hybridized carbons (Fsp3) is 0.0690. The van der Waals surface area contributed by atoms with Crippen molar-refractivity contribution in [1.29, 1.82) is 0 Å². The van der Waals surface area contributed by atoms with Gasteiger partial charge in [-0.3, -0.25) is 5.32 Å². The third kappa shape index (κ3) is 10.2. The molecule has 0 saturated carbocycles. The number of nitrogens with two attached hydrogens (primary N) is 2. The van der Waals surface area contributed by atoms with E-state index in [0.29, 0.717) is 22.5 Å². The van der Waals surface area contributed by atoms with Gasteiger partial charge in [0.25, 0.3) is 0 Å². The molecule has 2 heterocycles. The molecule has 0 unspecified atom stereocenters. The number of carbonyl (C=O) groups excluding carboxylic acids is 1. The van der Waals surface area contributed by atoms with E-state index < -0.39 is 29.5 Å². The van der Waals surface area contributed by atoms with Gasteiger partial charge >= 0.3 is 18.4 Å². The average molecular weight is 572 g/mol. The van der Waals surface area contributed by atoms with Crippen molar-refractivity contribution < 1.29 is 31.1 Å². The van der Waals surface area contributed by atoms with Crippen LogP contribution in [-0.4, -0.2) is 16.0 Å². The summed E-state index contributed by atoms with van der Waals surface area (Å²) in [5, 5.41) is 2.32. The van der Waals surface area contributed by atoms with Crippen LogP contribution < -0.4 is 16.8 Å². The van der Waals surface area contributed by atoms with Crippen LogP contribution in [-0.2, 0) is 12.4 Å². The highest BCUT2D eigenvalue weighted by atomic mass is 19.4. The number of amides is 2. The van der Waals surface area contributed by atoms with E-state index in [2.05, 4.69) is 15.3 Å². The van der Waals surface area contributed by atoms with Gasteiger partial charge in [0, 0.05) is 12.4 Å². The zero-order chi connectivity index (χ0) is 30.0. The number of rotatable bonds is 5. The van der Waals surface area contributed by atoms with E-state index in [0.717, 1.165) is 29.8 Å². The lowest BCUT2D eigenvalue weighted by Crippen LogP contribution is -2.19. The number of pyridine rings is 2. The second-order valence-electron chi connectivity index (χ2n) is 8.39. The van der Waals surface area contributed by atoms with Crippen LogP contribution in [0.25, 0.3) is 24.3 Å². The summed E-state index contributed by atoms with van der Waals surface area (Å²) in [5.74, 6) is 0.630. The molecule has 0 aliphatic carbocycles. The molecular formula is C29H23F6N5O. The fourth-order valence-corrected chi connectivity index (χ4v) is 3.34. The third-order valence-corrected chi connectivity index (χ3v) is 5.20. The molecule has 12 heteroatoms. The third-order valence-electron chi connectivity index (χ3n) is 5.20. The molecule has 0 bridgehead atoms. The first-order chi connectivity index (χ1) is 19.3. The van der Waals surface area contributed by atoms with E-state index in [4.69, 9.17) is 11.5 Å². The van der Waals surface area contributed by atoms with Crippen molar-refractivity contribution >= 4 is 42.0 Å². The molecule has 0 fully saturated rings. The normalized spacial score (nSPS) is 11.8. The summed E-state index contributed by atoms with van der Waals surface area (Å²) in [6.07, 6.45) is 0.738. The van der Waals surface area contributed by atoms with Crippen molar-refractivity contribution in [2.75, 3.05) is 11.1 Å². The number of anilines is 2. The van der Waals surface area contributed by atoms with Crippen molar-refractivity contribution in [3.63, 3.8) is 0 Å². The van der Waals surface area contributed by atoms with Crippen LogP contribution in [0.1, 0.15) is 33.4 Å². The lowest BCUT2D eigenvalue weighted by Gasteiger charge is -2.06. The van der Waals surface area contributed by atoms with Crippen molar-refractivity contribution in [3.05, 3.63) is 119 Å². The van der Waals surface area contributed by atoms with Crippen molar-refractivity contribution in [2.45, 2.75) is 12.4 Å². The average Bonchev–Trinajstić information content (AvgIpc) is 2.90. The standard InChI is InChI=1S/C15H12F3N3O.C14H11F3N2/c16-15(17,18)12-3-1-2-10(8-12)4-5-11-6-7-20-13(9-11)21-14(19)22;15-14(16,17)12-3-1-2-10(8-12)4-5-11-6-7-19-13(18)9-11/h1-9H,(H3,19,20,21,22);1-9H,(H2,18,19). The zero-order valence-corrected chi connectivity index (χ0v) is 21.1. The van der Waals surface area contributed by atoms with Gasteiger partial charge in [-0.1, -0.05) is 48.6 Å². The second kappa shape index (κ2) is 13.3. The molecule has 0 atom stereocenters. The van der Waals surface area contributed by atoms with E-state index >= 15 is 0 Å². The molecule has 0 aliphatic heterocycles. The van der Waals surface area contributed by atoms with E-state index in [9.17, 15) is 31.1 Å². The van der Waals surface area contributed by atoms with Gasteiger partial charge in [0.2, 0.25) is 0 Å². The molecule has 4 rings (SSSR count). The monoisotopic (exact) mass is 571 g/mol. The number of carbonyl (C=O) groups is 1. The van der Waals surface area contributed by atoms with Crippen LogP contribution >= 0.6 is 0 Å². The maximum absolute atomic E-state index is 12.6. The Morgan fingerprint density at radius 1 is 0.659 bits per heavy atom. The minimum Gasteiger partial charge on any atom is -0.384 e. The molecule has 2 aromatic carbocycles. The quantitative estimate of drug-likeness (QED) is 0.214. The summed E-state index contributed by atoms with van der Waals surface area (Å²) >= 11 is 0. The van der Waals surface area contributed by atoms with Gasteiger partial charge in [-0.15, -0.1) is 0 Å². The Morgan fingerprint density at radius 3 is 1.54 bits per heavy atom. The first-order valence-corrected chi connectivity index (χ1v) is 11.7. The van der Waals surface area contributed by atoms with E-state index in [-0.39, 0.29) is 5.82 Å². The van der Waals surface area contributed by atoms with Gasteiger partial charge in [-0.05, 0) is 70.8 Å². The Kier molecular flexibility index (Phi) is 9.86. The first kappa shape index (κ1) is 30.4. The summed E-state index contributed by atoms with van der Waals surface area (Å²) in [5.41, 5.74) is 11.5. The largest absolute Gasteiger partial charge is 0.416 e. The van der Waals surface area contributed by atoms with Crippen molar-refractivity contribution in [1.82, 2.24) is 9.97 Å². The van der Waals surface area contributed by atoms with Gasteiger partial charge in [0.1, 0.15) is 11.6 Å². The number of primary amides is 1. The van der Waals surface area contributed by atoms with Crippen molar-refractivity contribution in [2.24, 2.45) is 5.73 Å². The highest BCUT2D eigenvalue weighted by Gasteiger charge is 2.30. The number of aromatic nitrogens is 2. The molecule has 41 heavy (non-hydrogen) atoms. The number of hydrogen-bond donors (Lipinski definition) is 3. The van der Waals surface area contributed by atoms with Gasteiger partial charge in [-0.25, -0.2) is 14.8 Å². The van der Waals surface area contributed by atoms with Crippen LogP contribution in [0, 0.1) is 0 Å².